The van der Waals surface area contributed by atoms with Gasteiger partial charge in [-0.05, 0) is 61.9 Å². The van der Waals surface area contributed by atoms with Crippen molar-refractivity contribution in [3.05, 3.63) is 90.5 Å². The van der Waals surface area contributed by atoms with Gasteiger partial charge in [0.15, 0.2) is 8.32 Å². The lowest BCUT2D eigenvalue weighted by Gasteiger charge is -2.43. The van der Waals surface area contributed by atoms with Crippen molar-refractivity contribution in [1.29, 1.82) is 0 Å². The summed E-state index contributed by atoms with van der Waals surface area (Å²) in [5.74, 6) is 0.733. The summed E-state index contributed by atoms with van der Waals surface area (Å²) in [5, 5.41) is 4.04. The first-order chi connectivity index (χ1) is 16.5. The molecule has 1 aliphatic heterocycles. The lowest BCUT2D eigenvalue weighted by molar-refractivity contribution is 0.0548. The summed E-state index contributed by atoms with van der Waals surface area (Å²) in [6, 6.07) is 30.1. The summed E-state index contributed by atoms with van der Waals surface area (Å²) in [4.78, 5) is 5.13. The Morgan fingerprint density at radius 1 is 0.800 bits per heavy atom. The molecular formula is C30H38NO2PSi. The Kier molecular flexibility index (Phi) is 7.38. The van der Waals surface area contributed by atoms with Crippen molar-refractivity contribution in [2.75, 3.05) is 6.61 Å². The molecule has 184 valence electrons. The van der Waals surface area contributed by atoms with E-state index < -0.39 is 21.8 Å². The van der Waals surface area contributed by atoms with E-state index in [0.29, 0.717) is 6.61 Å². The molecule has 3 aromatic rings. The summed E-state index contributed by atoms with van der Waals surface area (Å²) in [5.41, 5.74) is 0.681. The first-order valence-electron chi connectivity index (χ1n) is 12.4. The van der Waals surface area contributed by atoms with Crippen LogP contribution in [0, 0.1) is 0 Å². The maximum absolute atomic E-state index is 6.83. The number of nitrogens with zero attached hydrogens (tertiary/aromatic N) is 1. The third-order valence-electron chi connectivity index (χ3n) is 7.18. The fourth-order valence-electron chi connectivity index (χ4n) is 4.19. The molecule has 0 N–H and O–H groups in total. The standard InChI is InChI=1S/C30H38NO2PSi/c1-29(2,3)35(6,7)33-30(4,5)27-22-32-28(31-27)25-20-14-15-21-26(25)34(23-16-10-8-11-17-23)24-18-12-9-13-19-24/h8-21,27H,22H2,1-7H3/t27-/m1/s1. The van der Waals surface area contributed by atoms with Gasteiger partial charge in [0.2, 0.25) is 5.90 Å². The van der Waals surface area contributed by atoms with Gasteiger partial charge in [0.05, 0.1) is 5.60 Å². The maximum Gasteiger partial charge on any atom is 0.217 e. The van der Waals surface area contributed by atoms with E-state index in [9.17, 15) is 0 Å². The molecule has 1 heterocycles. The minimum absolute atomic E-state index is 0.0423. The number of aliphatic imine (C=N–C) groups is 1. The average molecular weight is 504 g/mol. The monoisotopic (exact) mass is 503 g/mol. The van der Waals surface area contributed by atoms with Crippen LogP contribution in [0.2, 0.25) is 18.1 Å². The van der Waals surface area contributed by atoms with Crippen LogP contribution < -0.4 is 15.9 Å². The second kappa shape index (κ2) is 10.0. The first kappa shape index (κ1) is 25.8. The van der Waals surface area contributed by atoms with Crippen LogP contribution in [0.15, 0.2) is 89.9 Å². The zero-order valence-corrected chi connectivity index (χ0v) is 24.0. The predicted molar refractivity (Wildman–Crippen MR) is 154 cm³/mol. The van der Waals surface area contributed by atoms with E-state index in [4.69, 9.17) is 14.2 Å². The zero-order chi connectivity index (χ0) is 25.3. The van der Waals surface area contributed by atoms with Gasteiger partial charge in [-0.1, -0.05) is 99.6 Å². The molecule has 1 aliphatic rings. The number of benzene rings is 3. The van der Waals surface area contributed by atoms with E-state index >= 15 is 0 Å². The molecule has 0 saturated heterocycles. The molecule has 35 heavy (non-hydrogen) atoms. The normalized spacial score (nSPS) is 16.8. The van der Waals surface area contributed by atoms with E-state index in [2.05, 4.69) is 133 Å². The highest BCUT2D eigenvalue weighted by Gasteiger charge is 2.45. The van der Waals surface area contributed by atoms with Crippen LogP contribution in [0.4, 0.5) is 0 Å². The Morgan fingerprint density at radius 3 is 1.86 bits per heavy atom. The van der Waals surface area contributed by atoms with Gasteiger partial charge in [0.1, 0.15) is 12.6 Å². The minimum Gasteiger partial charge on any atom is -0.475 e. The third kappa shape index (κ3) is 5.61. The van der Waals surface area contributed by atoms with Gasteiger partial charge in [-0.15, -0.1) is 0 Å². The van der Waals surface area contributed by atoms with Crippen molar-refractivity contribution in [2.24, 2.45) is 4.99 Å². The Bertz CT molecular complexity index is 1130. The summed E-state index contributed by atoms with van der Waals surface area (Å²) in [7, 11) is -2.70. The van der Waals surface area contributed by atoms with Crippen LogP contribution in [0.5, 0.6) is 0 Å². The fraction of sp³-hybridized carbons (Fsp3) is 0.367. The SMILES string of the molecule is CC(C)(O[Si](C)(C)C(C)(C)C)[C@H]1COC(c2ccccc2P(c2ccccc2)c2ccccc2)=N1. The molecule has 0 unspecified atom stereocenters. The van der Waals surface area contributed by atoms with E-state index in [-0.39, 0.29) is 11.1 Å². The van der Waals surface area contributed by atoms with Crippen LogP contribution in [0.25, 0.3) is 0 Å². The highest BCUT2D eigenvalue weighted by Crippen LogP contribution is 2.41. The van der Waals surface area contributed by atoms with Crippen molar-refractivity contribution in [3.8, 4) is 0 Å². The molecule has 0 aromatic heterocycles. The van der Waals surface area contributed by atoms with E-state index in [1.807, 2.05) is 0 Å². The van der Waals surface area contributed by atoms with Crippen molar-refractivity contribution in [1.82, 2.24) is 0 Å². The van der Waals surface area contributed by atoms with Crippen LogP contribution in [-0.4, -0.2) is 32.5 Å². The molecule has 0 aliphatic carbocycles. The number of ether oxygens (including phenoxy) is 1. The summed E-state index contributed by atoms with van der Waals surface area (Å²) >= 11 is 0. The molecule has 0 saturated carbocycles. The number of rotatable bonds is 7. The molecule has 5 heteroatoms. The number of hydrogen-bond acceptors (Lipinski definition) is 3. The molecule has 0 fully saturated rings. The number of hydrogen-bond donors (Lipinski definition) is 0. The lowest BCUT2D eigenvalue weighted by atomic mass is 10.0. The van der Waals surface area contributed by atoms with Gasteiger partial charge in [0.25, 0.3) is 0 Å². The molecule has 0 spiro atoms. The highest BCUT2D eigenvalue weighted by atomic mass is 31.1. The molecule has 0 radical (unpaired) electrons. The van der Waals surface area contributed by atoms with Gasteiger partial charge in [-0.25, -0.2) is 4.99 Å². The smallest absolute Gasteiger partial charge is 0.217 e. The first-order valence-corrected chi connectivity index (χ1v) is 16.6. The highest BCUT2D eigenvalue weighted by molar-refractivity contribution is 7.80. The summed E-state index contributed by atoms with van der Waals surface area (Å²) in [6.45, 7) is 16.3. The van der Waals surface area contributed by atoms with Crippen LogP contribution >= 0.6 is 7.92 Å². The molecular weight excluding hydrogens is 465 g/mol. The third-order valence-corrected chi connectivity index (χ3v) is 14.3. The lowest BCUT2D eigenvalue weighted by Crippen LogP contribution is -2.52. The van der Waals surface area contributed by atoms with Gasteiger partial charge < -0.3 is 9.16 Å². The van der Waals surface area contributed by atoms with Gasteiger partial charge in [-0.3, -0.25) is 0 Å². The second-order valence-electron chi connectivity index (χ2n) is 11.3. The molecule has 3 nitrogen and oxygen atoms in total. The minimum atomic E-state index is -1.95. The summed E-state index contributed by atoms with van der Waals surface area (Å²) in [6.07, 6.45) is 0. The van der Waals surface area contributed by atoms with Gasteiger partial charge in [0, 0.05) is 5.56 Å². The van der Waals surface area contributed by atoms with Crippen LogP contribution in [0.1, 0.15) is 40.2 Å². The molecule has 0 bridgehead atoms. The average Bonchev–Trinajstić information content (AvgIpc) is 3.31. The largest absolute Gasteiger partial charge is 0.475 e. The fourth-order valence-corrected chi connectivity index (χ4v) is 8.39. The Hall–Kier alpha value is -2.26. The topological polar surface area (TPSA) is 30.8 Å². The molecule has 3 aromatic carbocycles. The van der Waals surface area contributed by atoms with Crippen molar-refractivity contribution >= 4 is 38.1 Å². The van der Waals surface area contributed by atoms with Crippen molar-refractivity contribution in [2.45, 2.75) is 64.4 Å². The van der Waals surface area contributed by atoms with Gasteiger partial charge >= 0.3 is 0 Å². The second-order valence-corrected chi connectivity index (χ2v) is 18.2. The quantitative estimate of drug-likeness (QED) is 0.276. The van der Waals surface area contributed by atoms with Crippen molar-refractivity contribution < 1.29 is 9.16 Å². The van der Waals surface area contributed by atoms with Crippen LogP contribution in [-0.2, 0) is 9.16 Å². The Labute approximate surface area is 213 Å². The van der Waals surface area contributed by atoms with E-state index in [1.54, 1.807) is 0 Å². The molecule has 1 atom stereocenters. The van der Waals surface area contributed by atoms with Gasteiger partial charge in [-0.2, -0.15) is 0 Å². The zero-order valence-electron chi connectivity index (χ0n) is 22.1. The van der Waals surface area contributed by atoms with Crippen molar-refractivity contribution in [3.63, 3.8) is 0 Å². The van der Waals surface area contributed by atoms with E-state index in [0.717, 1.165) is 11.5 Å². The molecule has 0 amide bonds. The maximum atomic E-state index is 6.83. The van der Waals surface area contributed by atoms with E-state index in [1.165, 1.54) is 15.9 Å². The van der Waals surface area contributed by atoms with Crippen LogP contribution in [0.3, 0.4) is 0 Å². The predicted octanol–water partition coefficient (Wildman–Crippen LogP) is 6.39. The Balaban J connectivity index is 1.72. The molecule has 4 rings (SSSR count). The Morgan fingerprint density at radius 2 is 1.31 bits per heavy atom. The summed E-state index contributed by atoms with van der Waals surface area (Å²) < 4.78 is 13.1.